The number of nitrogens with zero attached hydrogens (tertiary/aromatic N) is 2. The van der Waals surface area contributed by atoms with Crippen molar-refractivity contribution in [1.82, 2.24) is 4.90 Å². The average molecular weight is 403 g/mol. The molecule has 4 aliphatic heterocycles. The molecule has 0 aliphatic carbocycles. The number of nitrogens with one attached hydrogen (secondary N) is 1. The zero-order chi connectivity index (χ0) is 20.6. The van der Waals surface area contributed by atoms with E-state index in [-0.39, 0.29) is 23.8 Å². The molecule has 1 N–H and O–H groups in total. The molecule has 0 saturated carbocycles. The molecule has 6 rings (SSSR count). The van der Waals surface area contributed by atoms with Crippen LogP contribution in [0.1, 0.15) is 18.4 Å². The molecule has 4 atom stereocenters. The largest absolute Gasteiger partial charge is 0.497 e. The van der Waals surface area contributed by atoms with Gasteiger partial charge in [0, 0.05) is 23.4 Å². The first kappa shape index (κ1) is 17.7. The number of hydrogen-bond donors (Lipinski definition) is 1. The first-order chi connectivity index (χ1) is 14.6. The number of benzene rings is 2. The third-order valence-electron chi connectivity index (χ3n) is 7.21. The molecule has 3 amide bonds. The maximum absolute atomic E-state index is 13.8. The zero-order valence-corrected chi connectivity index (χ0v) is 16.5. The van der Waals surface area contributed by atoms with E-state index in [0.29, 0.717) is 18.0 Å². The van der Waals surface area contributed by atoms with Crippen molar-refractivity contribution in [2.75, 3.05) is 23.9 Å². The lowest BCUT2D eigenvalue weighted by molar-refractivity contribution is -0.135. The van der Waals surface area contributed by atoms with Crippen molar-refractivity contribution in [3.8, 4) is 5.75 Å². The average Bonchev–Trinajstić information content (AvgIpc) is 3.46. The van der Waals surface area contributed by atoms with Crippen LogP contribution in [0.5, 0.6) is 5.75 Å². The van der Waals surface area contributed by atoms with E-state index in [0.717, 1.165) is 24.1 Å². The van der Waals surface area contributed by atoms with E-state index in [4.69, 9.17) is 4.74 Å². The first-order valence-corrected chi connectivity index (χ1v) is 10.3. The van der Waals surface area contributed by atoms with Gasteiger partial charge in [0.2, 0.25) is 17.7 Å². The SMILES string of the molecule is COc1cccc(N2C(=O)[C@H]3[C@@H](C2=O)[C@@]2(C(=O)Nc4ccccc42)N2CCC[C@@H]32)c1. The number of imide groups is 1. The van der Waals surface area contributed by atoms with Crippen LogP contribution in [0.3, 0.4) is 0 Å². The summed E-state index contributed by atoms with van der Waals surface area (Å²) in [4.78, 5) is 44.3. The molecule has 4 aliphatic rings. The third-order valence-corrected chi connectivity index (χ3v) is 7.21. The maximum atomic E-state index is 13.8. The number of carbonyl (C=O) groups is 3. The van der Waals surface area contributed by atoms with Crippen LogP contribution in [-0.2, 0) is 19.9 Å². The highest BCUT2D eigenvalue weighted by molar-refractivity contribution is 6.25. The van der Waals surface area contributed by atoms with Crippen LogP contribution in [0.2, 0.25) is 0 Å². The van der Waals surface area contributed by atoms with Crippen LogP contribution in [0.15, 0.2) is 48.5 Å². The van der Waals surface area contributed by atoms with E-state index in [2.05, 4.69) is 10.2 Å². The standard InChI is InChI=1S/C23H21N3O4/c1-30-14-7-4-6-13(12-14)26-20(27)18-17-10-5-11-25(17)23(19(18)21(26)28)15-8-2-3-9-16(15)24-22(23)29/h2-4,6-9,12,17-19H,5,10-11H2,1H3,(H,24,29)/t17-,18+,19-,23-/m0/s1. The van der Waals surface area contributed by atoms with E-state index in [1.807, 2.05) is 24.3 Å². The second-order valence-electron chi connectivity index (χ2n) is 8.39. The molecule has 3 fully saturated rings. The number of hydrogen-bond acceptors (Lipinski definition) is 5. The molecule has 30 heavy (non-hydrogen) atoms. The number of anilines is 2. The molecule has 0 bridgehead atoms. The Bertz CT molecular complexity index is 1120. The summed E-state index contributed by atoms with van der Waals surface area (Å²) in [6, 6.07) is 14.4. The number of amides is 3. The van der Waals surface area contributed by atoms with E-state index < -0.39 is 17.4 Å². The van der Waals surface area contributed by atoms with Gasteiger partial charge in [0.25, 0.3) is 0 Å². The van der Waals surface area contributed by atoms with Crippen LogP contribution in [0.4, 0.5) is 11.4 Å². The van der Waals surface area contributed by atoms with Crippen LogP contribution in [0.25, 0.3) is 0 Å². The van der Waals surface area contributed by atoms with Crippen LogP contribution in [-0.4, -0.2) is 42.3 Å². The predicted octanol–water partition coefficient (Wildman–Crippen LogP) is 2.13. The Labute approximate surface area is 173 Å². The Kier molecular flexibility index (Phi) is 3.48. The Morgan fingerprint density at radius 2 is 1.90 bits per heavy atom. The van der Waals surface area contributed by atoms with Gasteiger partial charge in [0.15, 0.2) is 0 Å². The van der Waals surface area contributed by atoms with E-state index in [9.17, 15) is 14.4 Å². The molecule has 2 aromatic carbocycles. The first-order valence-electron chi connectivity index (χ1n) is 10.3. The van der Waals surface area contributed by atoms with Crippen LogP contribution >= 0.6 is 0 Å². The van der Waals surface area contributed by atoms with Gasteiger partial charge in [-0.25, -0.2) is 4.90 Å². The number of para-hydroxylation sites is 1. The quantitative estimate of drug-likeness (QED) is 0.778. The van der Waals surface area contributed by atoms with E-state index >= 15 is 0 Å². The summed E-state index contributed by atoms with van der Waals surface area (Å²) in [6.45, 7) is 0.707. The van der Waals surface area contributed by atoms with E-state index in [1.54, 1.807) is 31.4 Å². The second-order valence-corrected chi connectivity index (χ2v) is 8.39. The van der Waals surface area contributed by atoms with Gasteiger partial charge in [-0.2, -0.15) is 0 Å². The number of ether oxygens (including phenoxy) is 1. The number of fused-ring (bicyclic) bond motifs is 7. The normalized spacial score (nSPS) is 31.8. The maximum Gasteiger partial charge on any atom is 0.250 e. The molecule has 2 aromatic rings. The van der Waals surface area contributed by atoms with Gasteiger partial charge >= 0.3 is 0 Å². The summed E-state index contributed by atoms with van der Waals surface area (Å²) in [6.07, 6.45) is 1.72. The van der Waals surface area contributed by atoms with Gasteiger partial charge in [0.05, 0.1) is 24.6 Å². The van der Waals surface area contributed by atoms with Gasteiger partial charge in [-0.05, 0) is 37.6 Å². The zero-order valence-electron chi connectivity index (χ0n) is 16.5. The molecular weight excluding hydrogens is 382 g/mol. The fourth-order valence-corrected chi connectivity index (χ4v) is 6.16. The van der Waals surface area contributed by atoms with Gasteiger partial charge < -0.3 is 10.1 Å². The molecule has 7 heteroatoms. The fourth-order valence-electron chi connectivity index (χ4n) is 6.16. The Morgan fingerprint density at radius 3 is 2.73 bits per heavy atom. The molecule has 4 heterocycles. The minimum absolute atomic E-state index is 0.112. The molecule has 1 spiro atoms. The van der Waals surface area contributed by atoms with Crippen molar-refractivity contribution < 1.29 is 19.1 Å². The highest BCUT2D eigenvalue weighted by Gasteiger charge is 2.74. The monoisotopic (exact) mass is 403 g/mol. The molecule has 3 saturated heterocycles. The van der Waals surface area contributed by atoms with Crippen molar-refractivity contribution in [3.05, 3.63) is 54.1 Å². The molecule has 0 aromatic heterocycles. The summed E-state index contributed by atoms with van der Waals surface area (Å²) in [5.74, 6) is -1.40. The van der Waals surface area contributed by atoms with Gasteiger partial charge in [0.1, 0.15) is 11.3 Å². The molecule has 0 radical (unpaired) electrons. The molecule has 152 valence electrons. The summed E-state index contributed by atoms with van der Waals surface area (Å²) < 4.78 is 5.28. The number of carbonyl (C=O) groups excluding carboxylic acids is 3. The van der Waals surface area contributed by atoms with Crippen LogP contribution < -0.4 is 15.0 Å². The Morgan fingerprint density at radius 1 is 1.07 bits per heavy atom. The molecule has 7 nitrogen and oxygen atoms in total. The lowest BCUT2D eigenvalue weighted by Crippen LogP contribution is -2.54. The summed E-state index contributed by atoms with van der Waals surface area (Å²) in [7, 11) is 1.55. The minimum Gasteiger partial charge on any atom is -0.497 e. The van der Waals surface area contributed by atoms with Crippen molar-refractivity contribution in [1.29, 1.82) is 0 Å². The smallest absolute Gasteiger partial charge is 0.250 e. The van der Waals surface area contributed by atoms with Crippen molar-refractivity contribution in [2.45, 2.75) is 24.4 Å². The minimum atomic E-state index is -1.12. The fraction of sp³-hybridized carbons (Fsp3) is 0.348. The van der Waals surface area contributed by atoms with Gasteiger partial charge in [-0.15, -0.1) is 0 Å². The van der Waals surface area contributed by atoms with Gasteiger partial charge in [-0.1, -0.05) is 24.3 Å². The topological polar surface area (TPSA) is 78.9 Å². The predicted molar refractivity (Wildman–Crippen MR) is 109 cm³/mol. The van der Waals surface area contributed by atoms with Crippen molar-refractivity contribution >= 4 is 29.1 Å². The molecular formula is C23H21N3O4. The number of rotatable bonds is 2. The molecule has 0 unspecified atom stereocenters. The van der Waals surface area contributed by atoms with Crippen molar-refractivity contribution in [2.24, 2.45) is 11.8 Å². The Balaban J connectivity index is 1.54. The summed E-state index contributed by atoms with van der Waals surface area (Å²) in [5, 5.41) is 2.98. The second kappa shape index (κ2) is 5.92. The van der Waals surface area contributed by atoms with Crippen LogP contribution in [0, 0.1) is 11.8 Å². The van der Waals surface area contributed by atoms with Gasteiger partial charge in [-0.3, -0.25) is 19.3 Å². The highest BCUT2D eigenvalue weighted by atomic mass is 16.5. The summed E-state index contributed by atoms with van der Waals surface area (Å²) in [5.41, 5.74) is 0.907. The van der Waals surface area contributed by atoms with Crippen molar-refractivity contribution in [3.63, 3.8) is 0 Å². The number of methoxy groups -OCH3 is 1. The lowest BCUT2D eigenvalue weighted by atomic mass is 9.75. The third kappa shape index (κ3) is 1.91. The Hall–Kier alpha value is -3.19. The highest BCUT2D eigenvalue weighted by Crippen LogP contribution is 2.60. The summed E-state index contributed by atoms with van der Waals surface area (Å²) >= 11 is 0. The van der Waals surface area contributed by atoms with E-state index in [1.165, 1.54) is 4.90 Å². The lowest BCUT2D eigenvalue weighted by Gasteiger charge is -2.36.